The monoisotopic (exact) mass is 159 g/mol. The maximum absolute atomic E-state index is 10.3. The highest BCUT2D eigenvalue weighted by atomic mass is 16.5. The molecule has 0 unspecified atom stereocenters. The third-order valence-corrected chi connectivity index (χ3v) is 1.26. The first-order chi connectivity index (χ1) is 5.13. The van der Waals surface area contributed by atoms with Crippen molar-refractivity contribution in [2.45, 2.75) is 19.1 Å². The van der Waals surface area contributed by atoms with Crippen LogP contribution in [-0.4, -0.2) is 36.4 Å². The van der Waals surface area contributed by atoms with Crippen LogP contribution in [0.2, 0.25) is 0 Å². The van der Waals surface area contributed by atoms with Crippen LogP contribution in [-0.2, 0) is 14.3 Å². The van der Waals surface area contributed by atoms with Crippen LogP contribution in [0.3, 0.4) is 0 Å². The van der Waals surface area contributed by atoms with E-state index in [1.165, 1.54) is 20.1 Å². The van der Waals surface area contributed by atoms with Gasteiger partial charge in [0.1, 0.15) is 0 Å². The van der Waals surface area contributed by atoms with Crippen LogP contribution in [0.1, 0.15) is 6.92 Å². The Kier molecular flexibility index (Phi) is 4.10. The zero-order valence-corrected chi connectivity index (χ0v) is 6.27. The van der Waals surface area contributed by atoms with Crippen molar-refractivity contribution in [1.82, 2.24) is 0 Å². The van der Waals surface area contributed by atoms with Crippen molar-refractivity contribution in [1.29, 1.82) is 0 Å². The lowest BCUT2D eigenvalue weighted by molar-refractivity contribution is -0.141. The lowest BCUT2D eigenvalue weighted by Crippen LogP contribution is -2.31. The number of hydrogen-bond acceptors (Lipinski definition) is 4. The average molecular weight is 159 g/mol. The number of methoxy groups -OCH3 is 1. The van der Waals surface area contributed by atoms with Crippen LogP contribution in [0.5, 0.6) is 0 Å². The number of hydrogen-bond donors (Lipinski definition) is 1. The zero-order chi connectivity index (χ0) is 8.85. The predicted molar refractivity (Wildman–Crippen MR) is 36.0 cm³/mol. The summed E-state index contributed by atoms with van der Waals surface area (Å²) in [6, 6.07) is -1.16. The highest BCUT2D eigenvalue weighted by Gasteiger charge is 2.23. The van der Waals surface area contributed by atoms with Gasteiger partial charge >= 0.3 is 5.97 Å². The van der Waals surface area contributed by atoms with Gasteiger partial charge in [0.05, 0.1) is 6.10 Å². The van der Waals surface area contributed by atoms with Crippen molar-refractivity contribution < 1.29 is 19.4 Å². The van der Waals surface area contributed by atoms with E-state index in [1.54, 1.807) is 0 Å². The molecule has 0 aromatic heterocycles. The van der Waals surface area contributed by atoms with E-state index in [4.69, 9.17) is 5.11 Å². The van der Waals surface area contributed by atoms with Crippen molar-refractivity contribution in [3.05, 3.63) is 0 Å². The maximum Gasteiger partial charge on any atom is 0.332 e. The average Bonchev–Trinajstić information content (AvgIpc) is 1.98. The van der Waals surface area contributed by atoms with E-state index in [1.807, 2.05) is 0 Å². The highest BCUT2D eigenvalue weighted by molar-refractivity contribution is 5.75. The molecule has 0 rings (SSSR count). The number of aliphatic carboxylic acids is 1. The molecule has 0 bridgehead atoms. The summed E-state index contributed by atoms with van der Waals surface area (Å²) in [7, 11) is 1.35. The van der Waals surface area contributed by atoms with Crippen molar-refractivity contribution in [3.8, 4) is 0 Å². The molecular weight excluding hydrogens is 150 g/mol. The Bertz CT molecular complexity index is 183. The number of carbonyl (C=O) groups excluding carboxylic acids is 1. The van der Waals surface area contributed by atoms with Gasteiger partial charge in [-0.25, -0.2) is 9.59 Å². The molecule has 0 radical (unpaired) electrons. The number of aliphatic imine (C=N–C) groups is 1. The summed E-state index contributed by atoms with van der Waals surface area (Å²) in [4.78, 5) is 23.1. The van der Waals surface area contributed by atoms with E-state index in [9.17, 15) is 9.59 Å². The summed E-state index contributed by atoms with van der Waals surface area (Å²) in [6.07, 6.45) is 0.562. The molecule has 0 aliphatic rings. The SMILES string of the molecule is CO[C@H](C)[C@H](N=C=O)C(=O)O. The Hall–Kier alpha value is -1.19. The van der Waals surface area contributed by atoms with Crippen molar-refractivity contribution in [2.75, 3.05) is 7.11 Å². The summed E-state index contributed by atoms with van der Waals surface area (Å²) < 4.78 is 4.67. The molecular formula is C6H9NO4. The molecule has 5 nitrogen and oxygen atoms in total. The van der Waals surface area contributed by atoms with E-state index in [2.05, 4.69) is 9.73 Å². The van der Waals surface area contributed by atoms with Crippen molar-refractivity contribution >= 4 is 12.0 Å². The second kappa shape index (κ2) is 4.60. The molecule has 0 heterocycles. The third-order valence-electron chi connectivity index (χ3n) is 1.26. The van der Waals surface area contributed by atoms with Gasteiger partial charge in [-0.1, -0.05) is 0 Å². The topological polar surface area (TPSA) is 76.0 Å². The third kappa shape index (κ3) is 2.93. The minimum Gasteiger partial charge on any atom is -0.480 e. The molecule has 0 aliphatic carbocycles. The summed E-state index contributed by atoms with van der Waals surface area (Å²) in [6.45, 7) is 1.51. The van der Waals surface area contributed by atoms with Gasteiger partial charge in [0, 0.05) is 7.11 Å². The normalized spacial score (nSPS) is 14.7. The standard InChI is InChI=1S/C6H9NO4/c1-4(11-2)5(6(9)10)7-3-8/h4-5H,1-2H3,(H,9,10)/t4-,5+/m1/s1. The van der Waals surface area contributed by atoms with Gasteiger partial charge in [-0.2, -0.15) is 4.99 Å². The quantitative estimate of drug-likeness (QED) is 0.455. The molecule has 0 aliphatic heterocycles. The molecule has 1 N–H and O–H groups in total. The van der Waals surface area contributed by atoms with Crippen LogP contribution in [0.15, 0.2) is 4.99 Å². The fourth-order valence-corrected chi connectivity index (χ4v) is 0.547. The first-order valence-corrected chi connectivity index (χ1v) is 2.96. The first kappa shape index (κ1) is 9.81. The van der Waals surface area contributed by atoms with E-state index >= 15 is 0 Å². The molecule has 0 amide bonds. The Labute approximate surface area is 63.7 Å². The number of isocyanates is 1. The smallest absolute Gasteiger partial charge is 0.332 e. The van der Waals surface area contributed by atoms with E-state index in [0.717, 1.165) is 0 Å². The van der Waals surface area contributed by atoms with Crippen molar-refractivity contribution in [3.63, 3.8) is 0 Å². The number of rotatable bonds is 4. The number of carboxylic acids is 1. The van der Waals surface area contributed by atoms with Gasteiger partial charge in [0.15, 0.2) is 6.04 Å². The van der Waals surface area contributed by atoms with E-state index in [-0.39, 0.29) is 0 Å². The highest BCUT2D eigenvalue weighted by Crippen LogP contribution is 2.01. The fourth-order valence-electron chi connectivity index (χ4n) is 0.547. The second-order valence-corrected chi connectivity index (χ2v) is 1.94. The lowest BCUT2D eigenvalue weighted by atomic mass is 10.2. The zero-order valence-electron chi connectivity index (χ0n) is 6.27. The van der Waals surface area contributed by atoms with Gasteiger partial charge in [0.2, 0.25) is 6.08 Å². The minimum atomic E-state index is -1.19. The second-order valence-electron chi connectivity index (χ2n) is 1.94. The van der Waals surface area contributed by atoms with Crippen LogP contribution >= 0.6 is 0 Å². The Morgan fingerprint density at radius 1 is 1.73 bits per heavy atom. The first-order valence-electron chi connectivity index (χ1n) is 2.96. The molecule has 0 saturated heterocycles. The summed E-state index contributed by atoms with van der Waals surface area (Å²) in [5.41, 5.74) is 0. The van der Waals surface area contributed by atoms with E-state index < -0.39 is 18.1 Å². The van der Waals surface area contributed by atoms with Gasteiger partial charge in [0.25, 0.3) is 0 Å². The minimum absolute atomic E-state index is 0.617. The number of ether oxygens (including phenoxy) is 1. The Balaban J connectivity index is 4.32. The molecule has 11 heavy (non-hydrogen) atoms. The van der Waals surface area contributed by atoms with Crippen LogP contribution in [0.4, 0.5) is 0 Å². The number of carbonyl (C=O) groups is 1. The maximum atomic E-state index is 10.3. The summed E-state index contributed by atoms with van der Waals surface area (Å²) in [5, 5.41) is 8.45. The van der Waals surface area contributed by atoms with Gasteiger partial charge in [-0.3, -0.25) is 0 Å². The molecule has 2 atom stereocenters. The number of nitrogens with zero attached hydrogens (tertiary/aromatic N) is 1. The predicted octanol–water partition coefficient (Wildman–Crippen LogP) is -0.190. The Morgan fingerprint density at radius 3 is 2.55 bits per heavy atom. The Morgan fingerprint density at radius 2 is 2.27 bits per heavy atom. The van der Waals surface area contributed by atoms with Crippen LogP contribution < -0.4 is 0 Å². The summed E-state index contributed by atoms with van der Waals surface area (Å²) in [5.74, 6) is -1.19. The number of carboxylic acid groups (broad SMARTS) is 1. The molecule has 62 valence electrons. The molecule has 0 spiro atoms. The molecule has 0 fully saturated rings. The van der Waals surface area contributed by atoms with Gasteiger partial charge in [-0.05, 0) is 6.92 Å². The van der Waals surface area contributed by atoms with E-state index in [0.29, 0.717) is 0 Å². The molecule has 5 heteroatoms. The summed E-state index contributed by atoms with van der Waals surface area (Å²) >= 11 is 0. The van der Waals surface area contributed by atoms with Gasteiger partial charge < -0.3 is 9.84 Å². The molecule has 0 aromatic rings. The van der Waals surface area contributed by atoms with Crippen molar-refractivity contribution in [2.24, 2.45) is 4.99 Å². The molecule has 0 aromatic carbocycles. The van der Waals surface area contributed by atoms with Crippen LogP contribution in [0, 0.1) is 0 Å². The van der Waals surface area contributed by atoms with Crippen LogP contribution in [0.25, 0.3) is 0 Å². The van der Waals surface area contributed by atoms with Gasteiger partial charge in [-0.15, -0.1) is 0 Å². The molecule has 0 saturated carbocycles. The largest absolute Gasteiger partial charge is 0.480 e. The fraction of sp³-hybridized carbons (Fsp3) is 0.667. The lowest BCUT2D eigenvalue weighted by Gasteiger charge is -2.11.